The third-order valence-electron chi connectivity index (χ3n) is 7.67. The molecule has 3 fully saturated rings. The molecular weight excluding hydrogens is 260 g/mol. The van der Waals surface area contributed by atoms with Crippen LogP contribution in [0.2, 0.25) is 0 Å². The first-order valence-corrected chi connectivity index (χ1v) is 8.72. The van der Waals surface area contributed by atoms with Crippen LogP contribution in [0, 0.1) is 28.6 Å². The zero-order valence-electron chi connectivity index (χ0n) is 13.3. The summed E-state index contributed by atoms with van der Waals surface area (Å²) >= 11 is 0. The van der Waals surface area contributed by atoms with Crippen molar-refractivity contribution in [1.82, 2.24) is 0 Å². The Morgan fingerprint density at radius 2 is 1.67 bits per heavy atom. The smallest absolute Gasteiger partial charge is 0.155 e. The van der Waals surface area contributed by atoms with E-state index in [0.29, 0.717) is 29.3 Å². The highest BCUT2D eigenvalue weighted by Crippen LogP contribution is 2.64. The number of hydrogen-bond acceptors (Lipinski definition) is 2. The Labute approximate surface area is 127 Å². The van der Waals surface area contributed by atoms with Crippen molar-refractivity contribution in [2.75, 3.05) is 0 Å². The number of rotatable bonds is 0. The SMILES string of the molecule is C[C@@]12CC[C@H]3[C@H](CCC4=CC(=O)CC[C@]43C)[C@H]1CCC2=O. The average Bonchev–Trinajstić information content (AvgIpc) is 2.76. The van der Waals surface area contributed by atoms with Crippen LogP contribution in [0.1, 0.15) is 65.2 Å². The number of carbonyl (C=O) groups excluding carboxylic acids is 2. The van der Waals surface area contributed by atoms with E-state index in [1.165, 1.54) is 18.4 Å². The van der Waals surface area contributed by atoms with E-state index in [4.69, 9.17) is 0 Å². The number of fused-ring (bicyclic) bond motifs is 5. The summed E-state index contributed by atoms with van der Waals surface area (Å²) in [5.74, 6) is 2.88. The molecule has 0 amide bonds. The predicted molar refractivity (Wildman–Crippen MR) is 81.7 cm³/mol. The second-order valence-electron chi connectivity index (χ2n) is 8.39. The van der Waals surface area contributed by atoms with Crippen LogP contribution in [-0.2, 0) is 9.59 Å². The van der Waals surface area contributed by atoms with Crippen molar-refractivity contribution in [3.8, 4) is 0 Å². The Kier molecular flexibility index (Phi) is 2.81. The molecule has 4 aliphatic carbocycles. The first-order chi connectivity index (χ1) is 9.95. The monoisotopic (exact) mass is 286 g/mol. The summed E-state index contributed by atoms with van der Waals surface area (Å²) in [7, 11) is 0. The molecule has 4 rings (SSSR count). The van der Waals surface area contributed by atoms with Crippen molar-refractivity contribution in [3.05, 3.63) is 11.6 Å². The minimum Gasteiger partial charge on any atom is -0.299 e. The Bertz CT molecular complexity index is 546. The van der Waals surface area contributed by atoms with Gasteiger partial charge in [-0.3, -0.25) is 9.59 Å². The molecule has 0 saturated heterocycles. The molecule has 0 bridgehead atoms. The molecule has 21 heavy (non-hydrogen) atoms. The molecule has 0 spiro atoms. The van der Waals surface area contributed by atoms with Crippen molar-refractivity contribution >= 4 is 11.6 Å². The van der Waals surface area contributed by atoms with Crippen LogP contribution in [-0.4, -0.2) is 11.6 Å². The number of Topliss-reactive ketones (excluding diaryl/α,β-unsaturated/α-hetero) is 1. The molecule has 5 atom stereocenters. The highest BCUT2D eigenvalue weighted by molar-refractivity contribution is 5.91. The molecule has 0 aromatic rings. The van der Waals surface area contributed by atoms with Crippen molar-refractivity contribution in [1.29, 1.82) is 0 Å². The van der Waals surface area contributed by atoms with Crippen LogP contribution < -0.4 is 0 Å². The van der Waals surface area contributed by atoms with Gasteiger partial charge in [0.1, 0.15) is 5.78 Å². The van der Waals surface area contributed by atoms with E-state index in [1.54, 1.807) is 0 Å². The van der Waals surface area contributed by atoms with Crippen LogP contribution in [0.4, 0.5) is 0 Å². The van der Waals surface area contributed by atoms with Gasteiger partial charge in [-0.15, -0.1) is 0 Å². The minimum atomic E-state index is -0.0246. The molecule has 4 aliphatic rings. The summed E-state index contributed by atoms with van der Waals surface area (Å²) in [5.41, 5.74) is 1.64. The summed E-state index contributed by atoms with van der Waals surface area (Å²) in [6, 6.07) is 0. The zero-order valence-corrected chi connectivity index (χ0v) is 13.3. The summed E-state index contributed by atoms with van der Waals surface area (Å²) in [5, 5.41) is 0. The van der Waals surface area contributed by atoms with Crippen LogP contribution in [0.3, 0.4) is 0 Å². The van der Waals surface area contributed by atoms with Gasteiger partial charge in [0.15, 0.2) is 5.78 Å². The van der Waals surface area contributed by atoms with E-state index in [0.717, 1.165) is 38.5 Å². The van der Waals surface area contributed by atoms with Gasteiger partial charge in [-0.2, -0.15) is 0 Å². The Hall–Kier alpha value is -0.920. The van der Waals surface area contributed by atoms with E-state index in [1.807, 2.05) is 6.08 Å². The number of hydrogen-bond donors (Lipinski definition) is 0. The Morgan fingerprint density at radius 1 is 0.905 bits per heavy atom. The van der Waals surface area contributed by atoms with Crippen LogP contribution in [0.5, 0.6) is 0 Å². The highest BCUT2D eigenvalue weighted by Gasteiger charge is 2.58. The van der Waals surface area contributed by atoms with E-state index >= 15 is 0 Å². The fourth-order valence-electron chi connectivity index (χ4n) is 6.33. The standard InChI is InChI=1S/C19H26O2/c1-18-9-7-13(20)11-12(18)3-4-14-15-5-6-17(21)19(15,2)10-8-16(14)18/h11,14-16H,3-10H2,1-2H3/t14-,15-,16+,18-,19-/m1/s1. The summed E-state index contributed by atoms with van der Waals surface area (Å²) in [4.78, 5) is 24.1. The number of carbonyl (C=O) groups is 2. The molecule has 2 heteroatoms. The first kappa shape index (κ1) is 13.7. The van der Waals surface area contributed by atoms with Gasteiger partial charge in [0.2, 0.25) is 0 Å². The molecule has 2 nitrogen and oxygen atoms in total. The molecule has 3 saturated carbocycles. The molecular formula is C19H26O2. The molecule has 0 aromatic carbocycles. The molecule has 0 aromatic heterocycles. The largest absolute Gasteiger partial charge is 0.299 e. The lowest BCUT2D eigenvalue weighted by Gasteiger charge is -2.56. The topological polar surface area (TPSA) is 34.1 Å². The molecule has 0 aliphatic heterocycles. The van der Waals surface area contributed by atoms with Gasteiger partial charge in [-0.05, 0) is 67.8 Å². The normalized spacial score (nSPS) is 49.2. The van der Waals surface area contributed by atoms with Crippen LogP contribution >= 0.6 is 0 Å². The van der Waals surface area contributed by atoms with Gasteiger partial charge in [0.25, 0.3) is 0 Å². The van der Waals surface area contributed by atoms with Gasteiger partial charge < -0.3 is 0 Å². The lowest BCUT2D eigenvalue weighted by atomic mass is 9.47. The average molecular weight is 286 g/mol. The molecule has 0 radical (unpaired) electrons. The summed E-state index contributed by atoms with van der Waals surface area (Å²) < 4.78 is 0. The second-order valence-corrected chi connectivity index (χ2v) is 8.39. The lowest BCUT2D eigenvalue weighted by Crippen LogP contribution is -2.50. The maximum Gasteiger partial charge on any atom is 0.155 e. The van der Waals surface area contributed by atoms with Crippen LogP contribution in [0.15, 0.2) is 11.6 Å². The Morgan fingerprint density at radius 3 is 2.48 bits per heavy atom. The minimum absolute atomic E-state index is 0.0246. The fourth-order valence-corrected chi connectivity index (χ4v) is 6.33. The van der Waals surface area contributed by atoms with E-state index in [2.05, 4.69) is 13.8 Å². The predicted octanol–water partition coefficient (Wildman–Crippen LogP) is 4.09. The van der Waals surface area contributed by atoms with Crippen molar-refractivity contribution in [2.24, 2.45) is 28.6 Å². The Balaban J connectivity index is 1.70. The highest BCUT2D eigenvalue weighted by atomic mass is 16.1. The van der Waals surface area contributed by atoms with E-state index in [9.17, 15) is 9.59 Å². The molecule has 114 valence electrons. The molecule has 0 N–H and O–H groups in total. The van der Waals surface area contributed by atoms with Gasteiger partial charge in [0.05, 0.1) is 0 Å². The van der Waals surface area contributed by atoms with Gasteiger partial charge in [0, 0.05) is 18.3 Å². The van der Waals surface area contributed by atoms with Crippen LogP contribution in [0.25, 0.3) is 0 Å². The maximum absolute atomic E-state index is 12.4. The quantitative estimate of drug-likeness (QED) is 0.672. The van der Waals surface area contributed by atoms with Crippen molar-refractivity contribution < 1.29 is 9.59 Å². The summed E-state index contributed by atoms with van der Waals surface area (Å²) in [6.07, 6.45) is 10.2. The number of ketones is 2. The molecule has 0 unspecified atom stereocenters. The van der Waals surface area contributed by atoms with Crippen molar-refractivity contribution in [2.45, 2.75) is 65.2 Å². The zero-order chi connectivity index (χ0) is 14.8. The lowest BCUT2D eigenvalue weighted by molar-refractivity contribution is -0.132. The van der Waals surface area contributed by atoms with Gasteiger partial charge in [-0.1, -0.05) is 19.4 Å². The third-order valence-corrected chi connectivity index (χ3v) is 7.67. The summed E-state index contributed by atoms with van der Waals surface area (Å²) in [6.45, 7) is 4.64. The van der Waals surface area contributed by atoms with Gasteiger partial charge >= 0.3 is 0 Å². The fraction of sp³-hybridized carbons (Fsp3) is 0.789. The number of allylic oxidation sites excluding steroid dienone is 1. The first-order valence-electron chi connectivity index (χ1n) is 8.72. The third kappa shape index (κ3) is 1.71. The van der Waals surface area contributed by atoms with Crippen molar-refractivity contribution in [3.63, 3.8) is 0 Å². The van der Waals surface area contributed by atoms with Gasteiger partial charge in [-0.25, -0.2) is 0 Å². The maximum atomic E-state index is 12.4. The van der Waals surface area contributed by atoms with E-state index < -0.39 is 0 Å². The van der Waals surface area contributed by atoms with E-state index in [-0.39, 0.29) is 10.8 Å². The molecule has 0 heterocycles. The second kappa shape index (κ2) is 4.30.